The lowest BCUT2D eigenvalue weighted by atomic mass is 10.1. The van der Waals surface area contributed by atoms with Crippen LogP contribution in [0.1, 0.15) is 23.6 Å². The second-order valence-electron chi connectivity index (χ2n) is 3.75. The summed E-state index contributed by atoms with van der Waals surface area (Å²) >= 11 is 0. The van der Waals surface area contributed by atoms with Crippen LogP contribution in [0.15, 0.2) is 17.2 Å². The van der Waals surface area contributed by atoms with Gasteiger partial charge in [0.25, 0.3) is 0 Å². The molecule has 0 fully saturated rings. The van der Waals surface area contributed by atoms with E-state index in [-0.39, 0.29) is 5.78 Å². The fraction of sp³-hybridized carbons (Fsp3) is 0.333. The molecule has 1 rings (SSSR count). The molecule has 15 heavy (non-hydrogen) atoms. The minimum Gasteiger partial charge on any atom is -0.293 e. The SMILES string of the molecule is CC(=O)/C=N/Nc1c(C)cc(C)cc1C. The van der Waals surface area contributed by atoms with Crippen LogP contribution in [0.3, 0.4) is 0 Å². The summed E-state index contributed by atoms with van der Waals surface area (Å²) < 4.78 is 0. The minimum atomic E-state index is -0.0649. The molecule has 3 nitrogen and oxygen atoms in total. The first-order valence-electron chi connectivity index (χ1n) is 4.88. The van der Waals surface area contributed by atoms with Gasteiger partial charge >= 0.3 is 0 Å². The van der Waals surface area contributed by atoms with Crippen LogP contribution in [0, 0.1) is 20.8 Å². The first-order chi connectivity index (χ1) is 7.00. The predicted octanol–water partition coefficient (Wildman–Crippen LogP) is 2.60. The molecule has 80 valence electrons. The highest BCUT2D eigenvalue weighted by Crippen LogP contribution is 2.21. The number of aryl methyl sites for hydroxylation is 3. The van der Waals surface area contributed by atoms with Gasteiger partial charge < -0.3 is 0 Å². The molecule has 1 N–H and O–H groups in total. The van der Waals surface area contributed by atoms with Crippen LogP contribution >= 0.6 is 0 Å². The van der Waals surface area contributed by atoms with E-state index in [1.54, 1.807) is 0 Å². The van der Waals surface area contributed by atoms with Gasteiger partial charge in [-0.2, -0.15) is 5.10 Å². The summed E-state index contributed by atoms with van der Waals surface area (Å²) in [7, 11) is 0. The molecule has 3 heteroatoms. The molecule has 0 radical (unpaired) electrons. The van der Waals surface area contributed by atoms with E-state index < -0.39 is 0 Å². The molecule has 0 spiro atoms. The highest BCUT2D eigenvalue weighted by atomic mass is 16.1. The van der Waals surface area contributed by atoms with Crippen molar-refractivity contribution in [3.63, 3.8) is 0 Å². The monoisotopic (exact) mass is 204 g/mol. The van der Waals surface area contributed by atoms with Crippen molar-refractivity contribution in [3.05, 3.63) is 28.8 Å². The highest BCUT2D eigenvalue weighted by Gasteiger charge is 2.01. The molecule has 0 saturated heterocycles. The Labute approximate surface area is 90.2 Å². The number of hydrogen-bond donors (Lipinski definition) is 1. The van der Waals surface area contributed by atoms with E-state index in [4.69, 9.17) is 0 Å². The van der Waals surface area contributed by atoms with E-state index in [1.807, 2.05) is 13.8 Å². The summed E-state index contributed by atoms with van der Waals surface area (Å²) in [6.07, 6.45) is 1.28. The maximum absolute atomic E-state index is 10.7. The van der Waals surface area contributed by atoms with Gasteiger partial charge in [-0.25, -0.2) is 0 Å². The van der Waals surface area contributed by atoms with Crippen molar-refractivity contribution in [2.45, 2.75) is 27.7 Å². The predicted molar refractivity (Wildman–Crippen MR) is 63.4 cm³/mol. The number of hydrazone groups is 1. The van der Waals surface area contributed by atoms with E-state index in [1.165, 1.54) is 18.7 Å². The van der Waals surface area contributed by atoms with Crippen molar-refractivity contribution in [3.8, 4) is 0 Å². The molecule has 0 bridgehead atoms. The van der Waals surface area contributed by atoms with Crippen LogP contribution in [-0.4, -0.2) is 12.0 Å². The molecule has 0 aliphatic rings. The zero-order valence-corrected chi connectivity index (χ0v) is 9.59. The van der Waals surface area contributed by atoms with E-state index in [9.17, 15) is 4.79 Å². The highest BCUT2D eigenvalue weighted by molar-refractivity contribution is 6.26. The molecule has 0 amide bonds. The molecule has 1 aromatic rings. The largest absolute Gasteiger partial charge is 0.293 e. The standard InChI is InChI=1S/C12H16N2O/c1-8-5-9(2)12(10(3)6-8)14-13-7-11(4)15/h5-7,14H,1-4H3/b13-7+. The van der Waals surface area contributed by atoms with Crippen molar-refractivity contribution in [1.82, 2.24) is 0 Å². The Morgan fingerprint density at radius 3 is 2.27 bits per heavy atom. The number of rotatable bonds is 3. The first kappa shape index (κ1) is 11.4. The maximum atomic E-state index is 10.7. The molecule has 0 aromatic heterocycles. The third-order valence-corrected chi connectivity index (χ3v) is 2.10. The number of nitrogens with zero attached hydrogens (tertiary/aromatic N) is 1. The fourth-order valence-electron chi connectivity index (χ4n) is 1.54. The van der Waals surface area contributed by atoms with E-state index in [0.29, 0.717) is 0 Å². The average molecular weight is 204 g/mol. The summed E-state index contributed by atoms with van der Waals surface area (Å²) in [6.45, 7) is 7.57. The number of Topliss-reactive ketones (excluding diaryl/α,β-unsaturated/α-hetero) is 1. The summed E-state index contributed by atoms with van der Waals surface area (Å²) in [5, 5.41) is 3.87. The third-order valence-electron chi connectivity index (χ3n) is 2.10. The topological polar surface area (TPSA) is 41.5 Å². The molecule has 0 atom stereocenters. The summed E-state index contributed by atoms with van der Waals surface area (Å²) in [5.74, 6) is -0.0649. The van der Waals surface area contributed by atoms with Gasteiger partial charge in [0.2, 0.25) is 0 Å². The number of hydrogen-bond acceptors (Lipinski definition) is 3. The molecule has 1 aromatic carbocycles. The minimum absolute atomic E-state index is 0.0649. The Bertz CT molecular complexity index is 385. The van der Waals surface area contributed by atoms with Gasteiger partial charge in [0.05, 0.1) is 11.9 Å². The van der Waals surface area contributed by atoms with Gasteiger partial charge in [-0.15, -0.1) is 0 Å². The summed E-state index contributed by atoms with van der Waals surface area (Å²) in [4.78, 5) is 10.7. The lowest BCUT2D eigenvalue weighted by Gasteiger charge is -2.09. The Morgan fingerprint density at radius 1 is 1.27 bits per heavy atom. The Kier molecular flexibility index (Phi) is 3.61. The lowest BCUT2D eigenvalue weighted by molar-refractivity contribution is -0.110. The molecular weight excluding hydrogens is 188 g/mol. The Morgan fingerprint density at radius 2 is 1.80 bits per heavy atom. The van der Waals surface area contributed by atoms with Crippen molar-refractivity contribution < 1.29 is 4.79 Å². The number of carbonyl (C=O) groups is 1. The van der Waals surface area contributed by atoms with Gasteiger partial charge in [0, 0.05) is 6.92 Å². The third kappa shape index (κ3) is 3.20. The number of benzene rings is 1. The molecule has 0 aliphatic carbocycles. The maximum Gasteiger partial charge on any atom is 0.172 e. The van der Waals surface area contributed by atoms with E-state index >= 15 is 0 Å². The first-order valence-corrected chi connectivity index (χ1v) is 4.88. The number of anilines is 1. The van der Waals surface area contributed by atoms with Crippen LogP contribution in [0.4, 0.5) is 5.69 Å². The summed E-state index contributed by atoms with van der Waals surface area (Å²) in [5.41, 5.74) is 7.35. The summed E-state index contributed by atoms with van der Waals surface area (Å²) in [6, 6.07) is 4.16. The zero-order valence-electron chi connectivity index (χ0n) is 9.59. The van der Waals surface area contributed by atoms with Crippen LogP contribution in [0.25, 0.3) is 0 Å². The molecule has 0 saturated carbocycles. The zero-order chi connectivity index (χ0) is 11.4. The number of nitrogens with one attached hydrogen (secondary N) is 1. The normalized spacial score (nSPS) is 10.7. The molecule has 0 heterocycles. The average Bonchev–Trinajstić information content (AvgIpc) is 2.08. The van der Waals surface area contributed by atoms with Crippen molar-refractivity contribution in [1.29, 1.82) is 0 Å². The quantitative estimate of drug-likeness (QED) is 0.607. The van der Waals surface area contributed by atoms with Crippen LogP contribution in [0.5, 0.6) is 0 Å². The second-order valence-corrected chi connectivity index (χ2v) is 3.75. The van der Waals surface area contributed by atoms with Crippen LogP contribution in [-0.2, 0) is 4.79 Å². The van der Waals surface area contributed by atoms with Gasteiger partial charge in [0.1, 0.15) is 0 Å². The Balaban J connectivity index is 2.90. The molecular formula is C12H16N2O. The smallest absolute Gasteiger partial charge is 0.172 e. The van der Waals surface area contributed by atoms with Gasteiger partial charge in [-0.05, 0) is 31.9 Å². The second kappa shape index (κ2) is 4.73. The fourth-order valence-corrected chi connectivity index (χ4v) is 1.54. The van der Waals surface area contributed by atoms with E-state index in [0.717, 1.165) is 16.8 Å². The van der Waals surface area contributed by atoms with Crippen LogP contribution in [0.2, 0.25) is 0 Å². The van der Waals surface area contributed by atoms with E-state index in [2.05, 4.69) is 29.6 Å². The van der Waals surface area contributed by atoms with Gasteiger partial charge in [0.15, 0.2) is 5.78 Å². The van der Waals surface area contributed by atoms with Crippen molar-refractivity contribution >= 4 is 17.7 Å². The van der Waals surface area contributed by atoms with Crippen molar-refractivity contribution in [2.24, 2.45) is 5.10 Å². The van der Waals surface area contributed by atoms with Crippen molar-refractivity contribution in [2.75, 3.05) is 5.43 Å². The Hall–Kier alpha value is -1.64. The molecule has 0 unspecified atom stereocenters. The van der Waals surface area contributed by atoms with Gasteiger partial charge in [-0.3, -0.25) is 10.2 Å². The van der Waals surface area contributed by atoms with Crippen LogP contribution < -0.4 is 5.43 Å². The molecule has 0 aliphatic heterocycles. The number of carbonyl (C=O) groups excluding carboxylic acids is 1. The number of ketones is 1. The van der Waals surface area contributed by atoms with Gasteiger partial charge in [-0.1, -0.05) is 17.7 Å². The lowest BCUT2D eigenvalue weighted by Crippen LogP contribution is -1.99.